The SMILES string of the molecule is CC(C)C1OC=NC1c1ccccc1. The quantitative estimate of drug-likeness (QED) is 0.701. The number of rotatable bonds is 2. The molecule has 1 aromatic carbocycles. The van der Waals surface area contributed by atoms with E-state index in [1.165, 1.54) is 5.56 Å². The van der Waals surface area contributed by atoms with Crippen LogP contribution in [0.2, 0.25) is 0 Å². The first kappa shape index (κ1) is 9.25. The molecule has 2 nitrogen and oxygen atoms in total. The highest BCUT2D eigenvalue weighted by Crippen LogP contribution is 2.30. The van der Waals surface area contributed by atoms with Gasteiger partial charge >= 0.3 is 0 Å². The van der Waals surface area contributed by atoms with Gasteiger partial charge in [0.25, 0.3) is 0 Å². The molecule has 1 aliphatic heterocycles. The van der Waals surface area contributed by atoms with Crippen LogP contribution in [-0.4, -0.2) is 12.5 Å². The Labute approximate surface area is 84.6 Å². The zero-order valence-electron chi connectivity index (χ0n) is 8.55. The predicted molar refractivity (Wildman–Crippen MR) is 57.4 cm³/mol. The van der Waals surface area contributed by atoms with Crippen molar-refractivity contribution in [3.63, 3.8) is 0 Å². The number of hydrogen-bond donors (Lipinski definition) is 0. The molecule has 1 aromatic rings. The van der Waals surface area contributed by atoms with Gasteiger partial charge in [-0.15, -0.1) is 0 Å². The van der Waals surface area contributed by atoms with E-state index in [9.17, 15) is 0 Å². The average molecular weight is 189 g/mol. The Morgan fingerprint density at radius 1 is 1.21 bits per heavy atom. The third-order valence-electron chi connectivity index (χ3n) is 2.55. The van der Waals surface area contributed by atoms with Crippen molar-refractivity contribution in [1.29, 1.82) is 0 Å². The van der Waals surface area contributed by atoms with Crippen molar-refractivity contribution in [3.05, 3.63) is 35.9 Å². The van der Waals surface area contributed by atoms with E-state index in [4.69, 9.17) is 4.74 Å². The fourth-order valence-corrected chi connectivity index (χ4v) is 1.78. The van der Waals surface area contributed by atoms with Crippen LogP contribution in [0.25, 0.3) is 0 Å². The third kappa shape index (κ3) is 1.65. The molecule has 0 saturated heterocycles. The summed E-state index contributed by atoms with van der Waals surface area (Å²) >= 11 is 0. The van der Waals surface area contributed by atoms with E-state index in [-0.39, 0.29) is 12.1 Å². The van der Waals surface area contributed by atoms with Crippen molar-refractivity contribution >= 4 is 6.40 Å². The molecule has 2 rings (SSSR count). The van der Waals surface area contributed by atoms with Gasteiger partial charge in [-0.3, -0.25) is 0 Å². The molecule has 0 radical (unpaired) electrons. The molecule has 0 amide bonds. The van der Waals surface area contributed by atoms with Gasteiger partial charge in [-0.25, -0.2) is 4.99 Å². The fraction of sp³-hybridized carbons (Fsp3) is 0.417. The molecule has 0 aromatic heterocycles. The van der Waals surface area contributed by atoms with E-state index >= 15 is 0 Å². The lowest BCUT2D eigenvalue weighted by Crippen LogP contribution is -2.21. The highest BCUT2D eigenvalue weighted by atomic mass is 16.5. The van der Waals surface area contributed by atoms with Crippen molar-refractivity contribution in [2.75, 3.05) is 0 Å². The first-order valence-corrected chi connectivity index (χ1v) is 5.01. The summed E-state index contributed by atoms with van der Waals surface area (Å²) in [6.07, 6.45) is 1.78. The van der Waals surface area contributed by atoms with Gasteiger partial charge in [0, 0.05) is 0 Å². The van der Waals surface area contributed by atoms with Crippen molar-refractivity contribution in [2.24, 2.45) is 10.9 Å². The Hall–Kier alpha value is -1.31. The van der Waals surface area contributed by atoms with Crippen molar-refractivity contribution in [2.45, 2.75) is 26.0 Å². The maximum absolute atomic E-state index is 5.49. The topological polar surface area (TPSA) is 21.6 Å². The minimum Gasteiger partial charge on any atom is -0.477 e. The van der Waals surface area contributed by atoms with Gasteiger partial charge in [-0.2, -0.15) is 0 Å². The molecule has 0 saturated carbocycles. The molecule has 0 N–H and O–H groups in total. The summed E-state index contributed by atoms with van der Waals surface area (Å²) in [4.78, 5) is 4.36. The van der Waals surface area contributed by atoms with Crippen molar-refractivity contribution < 1.29 is 4.74 Å². The minimum absolute atomic E-state index is 0.177. The molecule has 2 atom stereocenters. The number of hydrogen-bond acceptors (Lipinski definition) is 2. The second-order valence-corrected chi connectivity index (χ2v) is 3.95. The summed E-state index contributed by atoms with van der Waals surface area (Å²) in [6.45, 7) is 4.32. The Bertz CT molecular complexity index is 318. The standard InChI is InChI=1S/C12H15NO/c1-9(2)12-11(13-8-14-12)10-6-4-3-5-7-10/h3-9,11-12H,1-2H3. The summed E-state index contributed by atoms with van der Waals surface area (Å²) in [5.41, 5.74) is 1.24. The highest BCUT2D eigenvalue weighted by Gasteiger charge is 2.29. The fourth-order valence-electron chi connectivity index (χ4n) is 1.78. The summed E-state index contributed by atoms with van der Waals surface area (Å²) < 4.78 is 5.49. The normalized spacial score (nSPS) is 25.4. The molecular weight excluding hydrogens is 174 g/mol. The van der Waals surface area contributed by atoms with Gasteiger partial charge in [0.05, 0.1) is 0 Å². The molecule has 1 aliphatic rings. The second-order valence-electron chi connectivity index (χ2n) is 3.95. The first-order valence-electron chi connectivity index (χ1n) is 5.01. The summed E-state index contributed by atoms with van der Waals surface area (Å²) in [7, 11) is 0. The number of nitrogens with zero attached hydrogens (tertiary/aromatic N) is 1. The van der Waals surface area contributed by atoms with Crippen LogP contribution in [0.4, 0.5) is 0 Å². The van der Waals surface area contributed by atoms with Crippen LogP contribution in [0.3, 0.4) is 0 Å². The molecule has 0 fully saturated rings. The molecule has 2 heteroatoms. The van der Waals surface area contributed by atoms with Crippen LogP contribution in [0, 0.1) is 5.92 Å². The summed E-state index contributed by atoms with van der Waals surface area (Å²) in [5.74, 6) is 0.489. The van der Waals surface area contributed by atoms with E-state index in [1.54, 1.807) is 6.40 Å². The number of aliphatic imine (C=N–C) groups is 1. The second kappa shape index (κ2) is 3.82. The lowest BCUT2D eigenvalue weighted by Gasteiger charge is -2.20. The van der Waals surface area contributed by atoms with Gasteiger partial charge in [0.2, 0.25) is 0 Å². The van der Waals surface area contributed by atoms with Gasteiger partial charge in [0.15, 0.2) is 6.40 Å². The largest absolute Gasteiger partial charge is 0.477 e. The van der Waals surface area contributed by atoms with Crippen molar-refractivity contribution in [1.82, 2.24) is 0 Å². The maximum Gasteiger partial charge on any atom is 0.170 e. The lowest BCUT2D eigenvalue weighted by atomic mass is 9.95. The maximum atomic E-state index is 5.49. The van der Waals surface area contributed by atoms with Gasteiger partial charge in [-0.05, 0) is 11.5 Å². The Morgan fingerprint density at radius 2 is 1.93 bits per heavy atom. The monoisotopic (exact) mass is 189 g/mol. The zero-order valence-corrected chi connectivity index (χ0v) is 8.55. The lowest BCUT2D eigenvalue weighted by molar-refractivity contribution is 0.147. The van der Waals surface area contributed by atoms with Crippen LogP contribution in [-0.2, 0) is 4.74 Å². The van der Waals surface area contributed by atoms with E-state index in [0.717, 1.165) is 0 Å². The average Bonchev–Trinajstić information content (AvgIpc) is 2.67. The molecule has 14 heavy (non-hydrogen) atoms. The first-order chi connectivity index (χ1) is 6.79. The van der Waals surface area contributed by atoms with Crippen LogP contribution in [0.5, 0.6) is 0 Å². The van der Waals surface area contributed by atoms with Gasteiger partial charge < -0.3 is 4.74 Å². The van der Waals surface area contributed by atoms with Gasteiger partial charge in [-0.1, -0.05) is 44.2 Å². The molecule has 0 spiro atoms. The highest BCUT2D eigenvalue weighted by molar-refractivity contribution is 5.51. The smallest absolute Gasteiger partial charge is 0.170 e. The van der Waals surface area contributed by atoms with Crippen LogP contribution < -0.4 is 0 Å². The Balaban J connectivity index is 2.22. The minimum atomic E-state index is 0.177. The van der Waals surface area contributed by atoms with Crippen molar-refractivity contribution in [3.8, 4) is 0 Å². The van der Waals surface area contributed by atoms with E-state index < -0.39 is 0 Å². The molecular formula is C12H15NO. The summed E-state index contributed by atoms with van der Waals surface area (Å²) in [5, 5.41) is 0. The number of benzene rings is 1. The Kier molecular flexibility index (Phi) is 2.53. The summed E-state index contributed by atoms with van der Waals surface area (Å²) in [6, 6.07) is 10.5. The van der Waals surface area contributed by atoms with E-state index in [0.29, 0.717) is 5.92 Å². The van der Waals surface area contributed by atoms with E-state index in [2.05, 4.69) is 31.0 Å². The van der Waals surface area contributed by atoms with Crippen LogP contribution in [0.1, 0.15) is 25.5 Å². The zero-order chi connectivity index (χ0) is 9.97. The molecule has 74 valence electrons. The molecule has 1 heterocycles. The van der Waals surface area contributed by atoms with E-state index in [1.807, 2.05) is 18.2 Å². The van der Waals surface area contributed by atoms with Crippen LogP contribution in [0.15, 0.2) is 35.3 Å². The number of ether oxygens (including phenoxy) is 1. The van der Waals surface area contributed by atoms with Crippen LogP contribution >= 0.6 is 0 Å². The van der Waals surface area contributed by atoms with Gasteiger partial charge in [0.1, 0.15) is 12.1 Å². The third-order valence-corrected chi connectivity index (χ3v) is 2.55. The molecule has 0 bridgehead atoms. The Morgan fingerprint density at radius 3 is 2.57 bits per heavy atom. The molecule has 0 aliphatic carbocycles. The molecule has 2 unspecified atom stereocenters. The predicted octanol–water partition coefficient (Wildman–Crippen LogP) is 2.81.